The van der Waals surface area contributed by atoms with E-state index in [0.717, 1.165) is 23.1 Å². The topological polar surface area (TPSA) is 92.3 Å². The SMILES string of the molecule is Cc1cccc(C)c1NC(=O)CNC(=O)c1cccc(S(C)(=O)=O)c1. The van der Waals surface area contributed by atoms with Crippen LogP contribution in [0.4, 0.5) is 5.69 Å². The summed E-state index contributed by atoms with van der Waals surface area (Å²) in [5.41, 5.74) is 2.77. The molecule has 0 aromatic heterocycles. The molecule has 2 N–H and O–H groups in total. The van der Waals surface area contributed by atoms with Crippen LogP contribution in [0.5, 0.6) is 0 Å². The van der Waals surface area contributed by atoms with Crippen LogP contribution < -0.4 is 10.6 Å². The number of hydrogen-bond acceptors (Lipinski definition) is 4. The van der Waals surface area contributed by atoms with Gasteiger partial charge in [0.1, 0.15) is 0 Å². The predicted molar refractivity (Wildman–Crippen MR) is 96.4 cm³/mol. The summed E-state index contributed by atoms with van der Waals surface area (Å²) < 4.78 is 23.1. The zero-order valence-electron chi connectivity index (χ0n) is 14.3. The standard InChI is InChI=1S/C18H20N2O4S/c1-12-6-4-7-13(2)17(12)20-16(21)11-19-18(22)14-8-5-9-15(10-14)25(3,23)24/h4-10H,11H2,1-3H3,(H,19,22)(H,20,21). The number of sulfone groups is 1. The van der Waals surface area contributed by atoms with Crippen LogP contribution in [0.2, 0.25) is 0 Å². The summed E-state index contributed by atoms with van der Waals surface area (Å²) in [7, 11) is -3.40. The molecule has 2 amide bonds. The second-order valence-corrected chi connectivity index (χ2v) is 7.81. The van der Waals surface area contributed by atoms with Crippen molar-refractivity contribution in [2.75, 3.05) is 18.1 Å². The molecule has 0 fully saturated rings. The molecule has 0 saturated heterocycles. The van der Waals surface area contributed by atoms with Crippen LogP contribution >= 0.6 is 0 Å². The largest absolute Gasteiger partial charge is 0.343 e. The number of carbonyl (C=O) groups excluding carboxylic acids is 2. The van der Waals surface area contributed by atoms with Gasteiger partial charge in [-0.15, -0.1) is 0 Å². The smallest absolute Gasteiger partial charge is 0.251 e. The lowest BCUT2D eigenvalue weighted by Gasteiger charge is -2.12. The van der Waals surface area contributed by atoms with Crippen molar-refractivity contribution in [3.05, 3.63) is 59.2 Å². The number of rotatable bonds is 5. The molecule has 0 aliphatic heterocycles. The van der Waals surface area contributed by atoms with Crippen molar-refractivity contribution in [3.63, 3.8) is 0 Å². The van der Waals surface area contributed by atoms with Gasteiger partial charge in [-0.3, -0.25) is 9.59 Å². The summed E-state index contributed by atoms with van der Waals surface area (Å²) in [5.74, 6) is -0.868. The Labute approximate surface area is 147 Å². The summed E-state index contributed by atoms with van der Waals surface area (Å²) in [5, 5.41) is 5.26. The van der Waals surface area contributed by atoms with Gasteiger partial charge in [-0.1, -0.05) is 24.3 Å². The molecule has 2 aromatic rings. The minimum Gasteiger partial charge on any atom is -0.343 e. The van der Waals surface area contributed by atoms with Crippen molar-refractivity contribution in [3.8, 4) is 0 Å². The molecule has 2 aromatic carbocycles. The van der Waals surface area contributed by atoms with Crippen LogP contribution in [0, 0.1) is 13.8 Å². The highest BCUT2D eigenvalue weighted by atomic mass is 32.2. The first-order chi connectivity index (χ1) is 11.7. The van der Waals surface area contributed by atoms with Gasteiger partial charge in [0.2, 0.25) is 5.91 Å². The van der Waals surface area contributed by atoms with Gasteiger partial charge in [0, 0.05) is 17.5 Å². The first-order valence-electron chi connectivity index (χ1n) is 7.63. The lowest BCUT2D eigenvalue weighted by atomic mass is 10.1. The number of nitrogens with one attached hydrogen (secondary N) is 2. The van der Waals surface area contributed by atoms with E-state index in [9.17, 15) is 18.0 Å². The molecule has 132 valence electrons. The summed E-state index contributed by atoms with van der Waals surface area (Å²) in [4.78, 5) is 24.2. The van der Waals surface area contributed by atoms with Gasteiger partial charge in [0.05, 0.1) is 11.4 Å². The maximum atomic E-state index is 12.1. The molecular formula is C18H20N2O4S. The molecule has 0 atom stereocenters. The molecule has 25 heavy (non-hydrogen) atoms. The Morgan fingerprint density at radius 3 is 2.20 bits per heavy atom. The van der Waals surface area contributed by atoms with Gasteiger partial charge in [0.15, 0.2) is 9.84 Å². The van der Waals surface area contributed by atoms with E-state index in [-0.39, 0.29) is 22.9 Å². The fourth-order valence-electron chi connectivity index (χ4n) is 2.33. The Bertz CT molecular complexity index is 900. The second-order valence-electron chi connectivity index (χ2n) is 5.80. The van der Waals surface area contributed by atoms with Crippen LogP contribution in [0.3, 0.4) is 0 Å². The average molecular weight is 360 g/mol. The average Bonchev–Trinajstić information content (AvgIpc) is 2.55. The third-order valence-corrected chi connectivity index (χ3v) is 4.79. The lowest BCUT2D eigenvalue weighted by Crippen LogP contribution is -2.33. The van der Waals surface area contributed by atoms with Crippen molar-refractivity contribution in [2.24, 2.45) is 0 Å². The Hall–Kier alpha value is -2.67. The van der Waals surface area contributed by atoms with Crippen molar-refractivity contribution >= 4 is 27.3 Å². The highest BCUT2D eigenvalue weighted by molar-refractivity contribution is 7.90. The molecule has 0 bridgehead atoms. The molecule has 6 nitrogen and oxygen atoms in total. The van der Waals surface area contributed by atoms with Gasteiger partial charge in [-0.2, -0.15) is 0 Å². The van der Waals surface area contributed by atoms with E-state index in [2.05, 4.69) is 10.6 Å². The summed E-state index contributed by atoms with van der Waals surface area (Å²) in [6.45, 7) is 3.56. The Balaban J connectivity index is 2.02. The van der Waals surface area contributed by atoms with Gasteiger partial charge in [0.25, 0.3) is 5.91 Å². The third kappa shape index (κ3) is 4.90. The van der Waals surface area contributed by atoms with E-state index < -0.39 is 15.7 Å². The molecule has 0 radical (unpaired) electrons. The van der Waals surface area contributed by atoms with Crippen LogP contribution in [0.1, 0.15) is 21.5 Å². The van der Waals surface area contributed by atoms with Crippen LogP contribution in [0.15, 0.2) is 47.4 Å². The first kappa shape index (κ1) is 18.7. The van der Waals surface area contributed by atoms with E-state index in [1.54, 1.807) is 0 Å². The van der Waals surface area contributed by atoms with Gasteiger partial charge in [-0.05, 0) is 43.2 Å². The van der Waals surface area contributed by atoms with Crippen molar-refractivity contribution in [1.29, 1.82) is 0 Å². The van der Waals surface area contributed by atoms with E-state index in [4.69, 9.17) is 0 Å². The van der Waals surface area contributed by atoms with Crippen molar-refractivity contribution < 1.29 is 18.0 Å². The molecular weight excluding hydrogens is 340 g/mol. The quantitative estimate of drug-likeness (QED) is 0.854. The number of aryl methyl sites for hydroxylation is 2. The summed E-state index contributed by atoms with van der Waals surface area (Å²) >= 11 is 0. The van der Waals surface area contributed by atoms with Crippen LogP contribution in [0.25, 0.3) is 0 Å². The fraction of sp³-hybridized carbons (Fsp3) is 0.222. The number of hydrogen-bond donors (Lipinski definition) is 2. The number of anilines is 1. The molecule has 0 aliphatic carbocycles. The summed E-state index contributed by atoms with van der Waals surface area (Å²) in [6, 6.07) is 11.4. The molecule has 0 spiro atoms. The van der Waals surface area contributed by atoms with Crippen LogP contribution in [-0.4, -0.2) is 33.0 Å². The maximum Gasteiger partial charge on any atom is 0.251 e. The van der Waals surface area contributed by atoms with Crippen molar-refractivity contribution in [1.82, 2.24) is 5.32 Å². The number of benzene rings is 2. The maximum absolute atomic E-state index is 12.1. The second kappa shape index (κ2) is 7.48. The molecule has 7 heteroatoms. The normalized spacial score (nSPS) is 11.0. The van der Waals surface area contributed by atoms with E-state index in [0.29, 0.717) is 0 Å². The minimum absolute atomic E-state index is 0.0557. The molecule has 2 rings (SSSR count). The predicted octanol–water partition coefficient (Wildman–Crippen LogP) is 2.08. The first-order valence-corrected chi connectivity index (χ1v) is 9.52. The summed E-state index contributed by atoms with van der Waals surface area (Å²) in [6.07, 6.45) is 1.07. The molecule has 0 aliphatic rings. The highest BCUT2D eigenvalue weighted by Gasteiger charge is 2.13. The van der Waals surface area contributed by atoms with E-state index >= 15 is 0 Å². The number of para-hydroxylation sites is 1. The third-order valence-electron chi connectivity index (χ3n) is 3.68. The lowest BCUT2D eigenvalue weighted by molar-refractivity contribution is -0.115. The fourth-order valence-corrected chi connectivity index (χ4v) is 2.99. The molecule has 0 unspecified atom stereocenters. The highest BCUT2D eigenvalue weighted by Crippen LogP contribution is 2.19. The van der Waals surface area contributed by atoms with Crippen molar-refractivity contribution in [2.45, 2.75) is 18.7 Å². The minimum atomic E-state index is -3.40. The Kier molecular flexibility index (Phi) is 5.58. The zero-order valence-corrected chi connectivity index (χ0v) is 15.1. The zero-order chi connectivity index (χ0) is 18.6. The van der Waals surface area contributed by atoms with Gasteiger partial charge < -0.3 is 10.6 Å². The Morgan fingerprint density at radius 1 is 1.00 bits per heavy atom. The molecule has 0 heterocycles. The number of carbonyl (C=O) groups is 2. The molecule has 0 saturated carbocycles. The van der Waals surface area contributed by atoms with Gasteiger partial charge in [-0.25, -0.2) is 8.42 Å². The number of amides is 2. The Morgan fingerprint density at radius 2 is 1.60 bits per heavy atom. The van der Waals surface area contributed by atoms with E-state index in [1.165, 1.54) is 24.3 Å². The van der Waals surface area contributed by atoms with E-state index in [1.807, 2.05) is 32.0 Å². The monoisotopic (exact) mass is 360 g/mol. The van der Waals surface area contributed by atoms with Gasteiger partial charge >= 0.3 is 0 Å². The van der Waals surface area contributed by atoms with Crippen LogP contribution in [-0.2, 0) is 14.6 Å².